The Hall–Kier alpha value is -3.46. The first-order chi connectivity index (χ1) is 17.5. The van der Waals surface area contributed by atoms with Gasteiger partial charge in [-0.3, -0.25) is 4.79 Å². The van der Waals surface area contributed by atoms with Crippen molar-refractivity contribution in [1.82, 2.24) is 9.88 Å². The number of hydrogen-bond acceptors (Lipinski definition) is 7. The van der Waals surface area contributed by atoms with E-state index < -0.39 is 78.7 Å². The number of aromatic nitrogens is 1. The molecule has 1 saturated heterocycles. The van der Waals surface area contributed by atoms with Gasteiger partial charge < -0.3 is 35.0 Å². The molecule has 1 fully saturated rings. The zero-order chi connectivity index (χ0) is 28.8. The molecular formula is C21H18F7N3O7. The molecule has 5 N–H and O–H groups in total. The lowest BCUT2D eigenvalue weighted by Crippen LogP contribution is -2.70. The van der Waals surface area contributed by atoms with Crippen LogP contribution in [0.2, 0.25) is 0 Å². The Morgan fingerprint density at radius 1 is 1.21 bits per heavy atom. The van der Waals surface area contributed by atoms with Crippen LogP contribution in [0.1, 0.15) is 11.7 Å². The maximum Gasteiger partial charge on any atom is 0.463 e. The summed E-state index contributed by atoms with van der Waals surface area (Å²) in [5.74, 6) is -16.4. The SMILES string of the molecule is N#Cc1c2ccccc2cn1[C@H]1C(F)C(F)(C(=O)O)O[C@@H]([C@H](O)[C@H](O)CO)[C@@H]1NC(=O)C(F)(F)C(F)(F)F. The molecule has 2 aromatic rings. The number of hydrogen-bond donors (Lipinski definition) is 5. The van der Waals surface area contributed by atoms with Gasteiger partial charge in [0.05, 0.1) is 18.7 Å². The Morgan fingerprint density at radius 3 is 2.34 bits per heavy atom. The molecule has 208 valence electrons. The van der Waals surface area contributed by atoms with Crippen LogP contribution in [0.4, 0.5) is 30.7 Å². The molecule has 1 aliphatic rings. The molecular weight excluding hydrogens is 539 g/mol. The highest BCUT2D eigenvalue weighted by atomic mass is 19.4. The van der Waals surface area contributed by atoms with Crippen molar-refractivity contribution in [3.8, 4) is 6.07 Å². The average molecular weight is 557 g/mol. The molecule has 0 spiro atoms. The molecule has 3 rings (SSSR count). The van der Waals surface area contributed by atoms with E-state index in [2.05, 4.69) is 4.74 Å². The van der Waals surface area contributed by atoms with Gasteiger partial charge in [0.25, 0.3) is 0 Å². The number of aliphatic carboxylic acids is 1. The van der Waals surface area contributed by atoms with Crippen LogP contribution in [0.15, 0.2) is 30.5 Å². The molecule has 2 unspecified atom stereocenters. The number of carbonyl (C=O) groups excluding carboxylic acids is 1. The minimum absolute atomic E-state index is 0.0339. The van der Waals surface area contributed by atoms with Crippen LogP contribution >= 0.6 is 0 Å². The fraction of sp³-hybridized carbons (Fsp3) is 0.476. The highest BCUT2D eigenvalue weighted by Gasteiger charge is 2.67. The number of amides is 1. The molecule has 1 amide bonds. The highest BCUT2D eigenvalue weighted by Crippen LogP contribution is 2.44. The molecule has 38 heavy (non-hydrogen) atoms. The Bertz CT molecular complexity index is 1260. The predicted octanol–water partition coefficient (Wildman–Crippen LogP) is 0.938. The van der Waals surface area contributed by atoms with Gasteiger partial charge in [-0.25, -0.2) is 9.18 Å². The molecule has 0 bridgehead atoms. The lowest BCUT2D eigenvalue weighted by atomic mass is 9.85. The number of carboxylic acid groups (broad SMARTS) is 1. The van der Waals surface area contributed by atoms with Crippen LogP contribution in [0.25, 0.3) is 10.8 Å². The van der Waals surface area contributed by atoms with Gasteiger partial charge in [0.1, 0.15) is 30.1 Å². The first-order valence-electron chi connectivity index (χ1n) is 10.5. The fourth-order valence-corrected chi connectivity index (χ4v) is 4.09. The van der Waals surface area contributed by atoms with Crippen molar-refractivity contribution in [3.63, 3.8) is 0 Å². The van der Waals surface area contributed by atoms with Gasteiger partial charge in [-0.1, -0.05) is 24.3 Å². The van der Waals surface area contributed by atoms with Crippen LogP contribution < -0.4 is 5.32 Å². The van der Waals surface area contributed by atoms with Gasteiger partial charge in [0.15, 0.2) is 6.17 Å². The lowest BCUT2D eigenvalue weighted by Gasteiger charge is -2.48. The summed E-state index contributed by atoms with van der Waals surface area (Å²) in [5.41, 5.74) is -0.555. The summed E-state index contributed by atoms with van der Waals surface area (Å²) in [6.45, 7) is -1.35. The van der Waals surface area contributed by atoms with Crippen molar-refractivity contribution < 1.29 is 65.5 Å². The van der Waals surface area contributed by atoms with Crippen molar-refractivity contribution in [1.29, 1.82) is 5.26 Å². The number of carboxylic acids is 1. The molecule has 1 aromatic heterocycles. The van der Waals surface area contributed by atoms with Crippen LogP contribution in [0, 0.1) is 11.3 Å². The number of benzene rings is 1. The Balaban J connectivity index is 2.30. The van der Waals surface area contributed by atoms with Crippen LogP contribution in [0.3, 0.4) is 0 Å². The van der Waals surface area contributed by atoms with Gasteiger partial charge >= 0.3 is 29.8 Å². The summed E-state index contributed by atoms with van der Waals surface area (Å²) < 4.78 is 102. The first-order valence-corrected chi connectivity index (χ1v) is 10.5. The normalized spacial score (nSPS) is 27.9. The zero-order valence-corrected chi connectivity index (χ0v) is 18.6. The summed E-state index contributed by atoms with van der Waals surface area (Å²) in [4.78, 5) is 23.7. The number of aliphatic hydroxyl groups excluding tert-OH is 3. The number of aliphatic hydroxyl groups is 3. The van der Waals surface area contributed by atoms with Gasteiger partial charge in [0.2, 0.25) is 0 Å². The average Bonchev–Trinajstić information content (AvgIpc) is 3.22. The molecule has 1 aromatic carbocycles. The second-order valence-electron chi connectivity index (χ2n) is 8.32. The molecule has 7 atom stereocenters. The van der Waals surface area contributed by atoms with E-state index in [1.165, 1.54) is 24.3 Å². The molecule has 0 aliphatic carbocycles. The second-order valence-corrected chi connectivity index (χ2v) is 8.32. The van der Waals surface area contributed by atoms with Gasteiger partial charge in [-0.2, -0.15) is 31.6 Å². The molecule has 0 radical (unpaired) electrons. The number of halogens is 7. The predicted molar refractivity (Wildman–Crippen MR) is 109 cm³/mol. The number of rotatable bonds is 7. The quantitative estimate of drug-likeness (QED) is 0.314. The van der Waals surface area contributed by atoms with Crippen molar-refractivity contribution in [3.05, 3.63) is 36.2 Å². The van der Waals surface area contributed by atoms with Crippen LogP contribution in [-0.4, -0.2) is 92.0 Å². The molecule has 10 nitrogen and oxygen atoms in total. The van der Waals surface area contributed by atoms with E-state index in [-0.39, 0.29) is 10.8 Å². The molecule has 0 saturated carbocycles. The van der Waals surface area contributed by atoms with E-state index in [9.17, 15) is 52.1 Å². The molecule has 1 aliphatic heterocycles. The Kier molecular flexibility index (Phi) is 7.67. The largest absolute Gasteiger partial charge is 0.477 e. The van der Waals surface area contributed by atoms with Gasteiger partial charge in [-0.05, 0) is 0 Å². The standard InChI is InChI=1S/C21H18F7N3O7/c22-16-13(31-6-8-3-1-2-4-9(8)10(31)5-29)12(30-17(35)20(24,25)21(26,27)28)15(14(34)11(33)7-32)38-19(16,23)18(36)37/h1-4,6,11-16,32-34H,7H2,(H,30,35)(H,36,37)/t11-,12-,13-,14-,15-,16?,19?/m1/s1. The fourth-order valence-electron chi connectivity index (χ4n) is 4.09. The maximum atomic E-state index is 15.7. The van der Waals surface area contributed by atoms with Crippen LogP contribution in [0.5, 0.6) is 0 Å². The third kappa shape index (κ3) is 4.64. The summed E-state index contributed by atoms with van der Waals surface area (Å²) >= 11 is 0. The van der Waals surface area contributed by atoms with Gasteiger partial charge in [-0.15, -0.1) is 0 Å². The summed E-state index contributed by atoms with van der Waals surface area (Å²) in [7, 11) is 0. The number of alkyl halides is 7. The summed E-state index contributed by atoms with van der Waals surface area (Å²) in [5, 5.41) is 49.6. The number of nitrogens with zero attached hydrogens (tertiary/aromatic N) is 2. The number of nitriles is 1. The highest BCUT2D eigenvalue weighted by molar-refractivity contribution is 5.88. The first kappa shape index (κ1) is 29.1. The van der Waals surface area contributed by atoms with Crippen molar-refractivity contribution in [2.75, 3.05) is 6.61 Å². The number of fused-ring (bicyclic) bond motifs is 1. The number of nitrogens with one attached hydrogen (secondary N) is 1. The van der Waals surface area contributed by atoms with Crippen LogP contribution in [-0.2, 0) is 14.3 Å². The van der Waals surface area contributed by atoms with Crippen molar-refractivity contribution in [2.45, 2.75) is 54.5 Å². The van der Waals surface area contributed by atoms with E-state index in [1.54, 1.807) is 6.07 Å². The second kappa shape index (κ2) is 10.0. The zero-order valence-electron chi connectivity index (χ0n) is 18.6. The molecule has 2 heterocycles. The van der Waals surface area contributed by atoms with E-state index in [4.69, 9.17) is 5.11 Å². The van der Waals surface area contributed by atoms with Crippen molar-refractivity contribution in [2.24, 2.45) is 0 Å². The summed E-state index contributed by atoms with van der Waals surface area (Å²) in [6, 6.07) is 1.76. The van der Waals surface area contributed by atoms with E-state index in [0.717, 1.165) is 11.5 Å². The number of carbonyl (C=O) groups is 2. The smallest absolute Gasteiger partial charge is 0.463 e. The third-order valence-corrected chi connectivity index (χ3v) is 6.01. The number of ether oxygens (including phenoxy) is 1. The van der Waals surface area contributed by atoms with E-state index in [0.29, 0.717) is 4.57 Å². The maximum absolute atomic E-state index is 15.7. The topological polar surface area (TPSA) is 165 Å². The third-order valence-electron chi connectivity index (χ3n) is 6.01. The van der Waals surface area contributed by atoms with E-state index in [1.807, 2.05) is 0 Å². The lowest BCUT2D eigenvalue weighted by molar-refractivity contribution is -0.287. The summed E-state index contributed by atoms with van der Waals surface area (Å²) in [6.07, 6.45) is -16.9. The minimum atomic E-state index is -6.47. The van der Waals surface area contributed by atoms with Crippen molar-refractivity contribution >= 4 is 22.6 Å². The van der Waals surface area contributed by atoms with E-state index >= 15 is 8.78 Å². The Morgan fingerprint density at radius 2 is 1.82 bits per heavy atom. The minimum Gasteiger partial charge on any atom is -0.477 e. The Labute approximate surface area is 207 Å². The molecule has 17 heteroatoms. The monoisotopic (exact) mass is 557 g/mol. The van der Waals surface area contributed by atoms with Gasteiger partial charge in [0, 0.05) is 17.0 Å².